The summed E-state index contributed by atoms with van der Waals surface area (Å²) in [6.07, 6.45) is 2.85. The zero-order valence-corrected chi connectivity index (χ0v) is 18.4. The molecule has 4 rings (SSSR count). The molecule has 0 aliphatic carbocycles. The van der Waals surface area contributed by atoms with Gasteiger partial charge in [0.25, 0.3) is 11.7 Å². The normalized spacial score (nSPS) is 15.1. The maximum atomic E-state index is 10.9. The molecule has 1 N–H and O–H groups in total. The van der Waals surface area contributed by atoms with Crippen molar-refractivity contribution in [1.82, 2.24) is 9.88 Å². The van der Waals surface area contributed by atoms with Gasteiger partial charge < -0.3 is 19.2 Å². The first-order valence-electron chi connectivity index (χ1n) is 10.9. The summed E-state index contributed by atoms with van der Waals surface area (Å²) in [7, 11) is 1.66. The van der Waals surface area contributed by atoms with Crippen molar-refractivity contribution < 1.29 is 18.8 Å². The van der Waals surface area contributed by atoms with Crippen LogP contribution in [0.15, 0.2) is 40.8 Å². The number of likely N-dealkylation sites (tertiary alicyclic amines) is 1. The molecule has 0 unspecified atom stereocenters. The summed E-state index contributed by atoms with van der Waals surface area (Å²) >= 11 is 0. The molecule has 9 heteroatoms. The van der Waals surface area contributed by atoms with Crippen LogP contribution in [0.4, 0.5) is 11.7 Å². The van der Waals surface area contributed by atoms with Crippen LogP contribution in [0.25, 0.3) is 11.1 Å². The third-order valence-electron chi connectivity index (χ3n) is 5.59. The van der Waals surface area contributed by atoms with Gasteiger partial charge in [-0.05, 0) is 43.0 Å². The molecule has 1 aromatic heterocycles. The van der Waals surface area contributed by atoms with Crippen LogP contribution >= 0.6 is 0 Å². The van der Waals surface area contributed by atoms with E-state index in [1.807, 2.05) is 6.07 Å². The molecule has 3 aromatic rings. The van der Waals surface area contributed by atoms with E-state index in [1.54, 1.807) is 13.2 Å². The van der Waals surface area contributed by atoms with Gasteiger partial charge in [0.05, 0.1) is 18.6 Å². The van der Waals surface area contributed by atoms with Crippen molar-refractivity contribution in [2.24, 2.45) is 0 Å². The number of nitro benzene ring substituents is 1. The highest BCUT2D eigenvalue weighted by Crippen LogP contribution is 2.29. The first kappa shape index (κ1) is 21.9. The molecule has 170 valence electrons. The van der Waals surface area contributed by atoms with Crippen LogP contribution in [-0.2, 0) is 6.54 Å². The predicted octanol–water partition coefficient (Wildman–Crippen LogP) is 4.61. The van der Waals surface area contributed by atoms with Crippen molar-refractivity contribution >= 4 is 22.8 Å². The summed E-state index contributed by atoms with van der Waals surface area (Å²) in [6, 6.07) is 11.2. The number of benzene rings is 2. The Labute approximate surface area is 186 Å². The summed E-state index contributed by atoms with van der Waals surface area (Å²) in [5.74, 6) is 1.55. The molecule has 0 saturated carbocycles. The van der Waals surface area contributed by atoms with Gasteiger partial charge in [-0.2, -0.15) is 4.98 Å². The average Bonchev–Trinajstić information content (AvgIpc) is 3.20. The molecule has 1 fully saturated rings. The van der Waals surface area contributed by atoms with Gasteiger partial charge in [0.2, 0.25) is 0 Å². The van der Waals surface area contributed by atoms with Crippen LogP contribution < -0.4 is 14.8 Å². The maximum Gasteiger partial charge on any atom is 0.295 e. The van der Waals surface area contributed by atoms with E-state index >= 15 is 0 Å². The van der Waals surface area contributed by atoms with Crippen LogP contribution in [0.3, 0.4) is 0 Å². The number of nitrogens with zero attached hydrogens (tertiary/aromatic N) is 3. The molecule has 9 nitrogen and oxygen atoms in total. The molecule has 0 amide bonds. The summed E-state index contributed by atoms with van der Waals surface area (Å²) in [5, 5.41) is 14.3. The Morgan fingerprint density at radius 2 is 2.03 bits per heavy atom. The van der Waals surface area contributed by atoms with Gasteiger partial charge in [-0.1, -0.05) is 13.0 Å². The van der Waals surface area contributed by atoms with E-state index in [4.69, 9.17) is 13.9 Å². The molecular formula is C23H28N4O5. The highest BCUT2D eigenvalue weighted by molar-refractivity contribution is 5.77. The topological polar surface area (TPSA) is 103 Å². The second-order valence-electron chi connectivity index (χ2n) is 7.96. The number of methoxy groups -OCH3 is 1. The van der Waals surface area contributed by atoms with Crippen molar-refractivity contribution in [2.75, 3.05) is 32.1 Å². The fourth-order valence-corrected chi connectivity index (χ4v) is 3.90. The monoisotopic (exact) mass is 440 g/mol. The zero-order chi connectivity index (χ0) is 22.5. The van der Waals surface area contributed by atoms with Crippen molar-refractivity contribution in [2.45, 2.75) is 38.8 Å². The minimum absolute atomic E-state index is 0.00689. The van der Waals surface area contributed by atoms with Crippen LogP contribution in [-0.4, -0.2) is 47.7 Å². The second-order valence-corrected chi connectivity index (χ2v) is 7.96. The van der Waals surface area contributed by atoms with Crippen LogP contribution in [0.2, 0.25) is 0 Å². The van der Waals surface area contributed by atoms with E-state index in [9.17, 15) is 10.1 Å². The average molecular weight is 441 g/mol. The first-order chi connectivity index (χ1) is 15.6. The number of piperidine rings is 1. The lowest BCUT2D eigenvalue weighted by Gasteiger charge is -2.32. The molecule has 2 aromatic carbocycles. The highest BCUT2D eigenvalue weighted by Gasteiger charge is 2.21. The molecule has 1 saturated heterocycles. The van der Waals surface area contributed by atoms with E-state index < -0.39 is 4.92 Å². The van der Waals surface area contributed by atoms with Crippen LogP contribution in [0.1, 0.15) is 31.7 Å². The highest BCUT2D eigenvalue weighted by atomic mass is 16.6. The number of non-ortho nitro benzene ring substituents is 1. The molecule has 0 bridgehead atoms. The minimum Gasteiger partial charge on any atom is -0.493 e. The van der Waals surface area contributed by atoms with Gasteiger partial charge >= 0.3 is 0 Å². The molecule has 1 aliphatic heterocycles. The first-order valence-corrected chi connectivity index (χ1v) is 10.9. The smallest absolute Gasteiger partial charge is 0.295 e. The number of nitro groups is 1. The Balaban J connectivity index is 1.32. The van der Waals surface area contributed by atoms with Gasteiger partial charge in [0.1, 0.15) is 5.52 Å². The number of hydrogen-bond acceptors (Lipinski definition) is 8. The molecule has 1 aliphatic rings. The van der Waals surface area contributed by atoms with Crippen LogP contribution in [0.5, 0.6) is 11.5 Å². The summed E-state index contributed by atoms with van der Waals surface area (Å²) in [4.78, 5) is 17.3. The van der Waals surface area contributed by atoms with Gasteiger partial charge in [-0.25, -0.2) is 0 Å². The summed E-state index contributed by atoms with van der Waals surface area (Å²) in [6.45, 7) is 5.49. The Morgan fingerprint density at radius 1 is 1.22 bits per heavy atom. The van der Waals surface area contributed by atoms with E-state index in [0.717, 1.165) is 50.4 Å². The number of aromatic nitrogens is 1. The Kier molecular flexibility index (Phi) is 6.75. The summed E-state index contributed by atoms with van der Waals surface area (Å²) < 4.78 is 16.9. The van der Waals surface area contributed by atoms with Crippen molar-refractivity contribution in [3.8, 4) is 11.5 Å². The number of oxazole rings is 1. The quantitative estimate of drug-likeness (QED) is 0.380. The number of fused-ring (bicyclic) bond motifs is 1. The fraction of sp³-hybridized carbons (Fsp3) is 0.435. The standard InChI is InChI=1S/C23H28N4O5/c1-3-12-31-22-13-16(4-6-21(22)30-2)15-26-10-8-17(9-11-26)24-23-25-19-14-18(27(28)29)5-7-20(19)32-23/h4-7,13-14,17H,3,8-12,15H2,1-2H3,(H,24,25). The third-order valence-corrected chi connectivity index (χ3v) is 5.59. The van der Waals surface area contributed by atoms with Gasteiger partial charge in [-0.3, -0.25) is 15.0 Å². The fourth-order valence-electron chi connectivity index (χ4n) is 3.90. The summed E-state index contributed by atoms with van der Waals surface area (Å²) in [5.41, 5.74) is 2.23. The molecule has 2 heterocycles. The zero-order valence-electron chi connectivity index (χ0n) is 18.4. The molecule has 32 heavy (non-hydrogen) atoms. The predicted molar refractivity (Wildman–Crippen MR) is 121 cm³/mol. The SMILES string of the molecule is CCCOc1cc(CN2CCC(Nc3nc4cc([N+](=O)[O-])ccc4o3)CC2)ccc1OC. The van der Waals surface area contributed by atoms with E-state index in [1.165, 1.54) is 17.7 Å². The minimum atomic E-state index is -0.432. The van der Waals surface area contributed by atoms with Gasteiger partial charge in [0, 0.05) is 37.8 Å². The molecular weight excluding hydrogens is 412 g/mol. The van der Waals surface area contributed by atoms with Crippen molar-refractivity contribution in [3.05, 3.63) is 52.1 Å². The van der Waals surface area contributed by atoms with Crippen LogP contribution in [0, 0.1) is 10.1 Å². The molecule has 0 spiro atoms. The second kappa shape index (κ2) is 9.86. The number of hydrogen-bond donors (Lipinski definition) is 1. The maximum absolute atomic E-state index is 10.9. The number of rotatable bonds is 9. The Bertz CT molecular complexity index is 1080. The van der Waals surface area contributed by atoms with Crippen molar-refractivity contribution in [1.29, 1.82) is 0 Å². The lowest BCUT2D eigenvalue weighted by molar-refractivity contribution is -0.384. The van der Waals surface area contributed by atoms with E-state index in [0.29, 0.717) is 23.7 Å². The Hall–Kier alpha value is -3.33. The molecule has 0 radical (unpaired) electrons. The van der Waals surface area contributed by atoms with E-state index in [-0.39, 0.29) is 11.7 Å². The van der Waals surface area contributed by atoms with E-state index in [2.05, 4.69) is 34.3 Å². The lowest BCUT2D eigenvalue weighted by atomic mass is 10.0. The number of ether oxygens (including phenoxy) is 2. The van der Waals surface area contributed by atoms with Gasteiger partial charge in [-0.15, -0.1) is 0 Å². The largest absolute Gasteiger partial charge is 0.493 e. The number of nitrogens with one attached hydrogen (secondary N) is 1. The van der Waals surface area contributed by atoms with Gasteiger partial charge in [0.15, 0.2) is 17.1 Å². The Morgan fingerprint density at radius 3 is 2.75 bits per heavy atom. The molecule has 0 atom stereocenters. The van der Waals surface area contributed by atoms with Crippen molar-refractivity contribution in [3.63, 3.8) is 0 Å². The number of anilines is 1. The third kappa shape index (κ3) is 5.11. The lowest BCUT2D eigenvalue weighted by Crippen LogP contribution is -2.38.